The number of nitrogens with zero attached hydrogens (tertiary/aromatic N) is 6. The van der Waals surface area contributed by atoms with E-state index >= 15 is 0 Å². The summed E-state index contributed by atoms with van der Waals surface area (Å²) in [6.07, 6.45) is 0. The van der Waals surface area contributed by atoms with E-state index in [-0.39, 0.29) is 0 Å². The lowest BCUT2D eigenvalue weighted by Gasteiger charge is -2.24. The maximum absolute atomic E-state index is 6.56. The Hall–Kier alpha value is -9.79. The Morgan fingerprint density at radius 3 is 1.56 bits per heavy atom. The topological polar surface area (TPSA) is 78.0 Å². The number of benzene rings is 10. The lowest BCUT2D eigenvalue weighted by Crippen LogP contribution is -2.15. The molecule has 0 unspecified atom stereocenters. The molecule has 0 radical (unpaired) electrons. The van der Waals surface area contributed by atoms with Crippen LogP contribution >= 0.6 is 0 Å². The van der Waals surface area contributed by atoms with Crippen LogP contribution in [0.4, 0.5) is 17.3 Å². The van der Waals surface area contributed by atoms with Crippen molar-refractivity contribution < 1.29 is 8.83 Å². The fraction of sp³-hybridized carbons (Fsp3) is 0. The van der Waals surface area contributed by atoms with Gasteiger partial charge < -0.3 is 18.0 Å². The zero-order valence-electron chi connectivity index (χ0n) is 37.9. The van der Waals surface area contributed by atoms with Crippen LogP contribution in [0.5, 0.6) is 0 Å². The molecule has 0 aliphatic rings. The van der Waals surface area contributed by atoms with Gasteiger partial charge in [-0.1, -0.05) is 127 Å². The maximum atomic E-state index is 6.56. The molecular formula is C63H38N6O2. The largest absolute Gasteiger partial charge is 0.456 e. The standard InChI is InChI=1S/C63H38N6O2/c1-3-16-41(17-4-1)67-52-25-12-8-21-45(52)50-36-39(31-35-53(50)67)61-64-62(40-30-33-46-44-20-7-11-24-51(44)68(55(46)37-40)42-18-5-2-6-19-42)66-63(65-61)69(43-32-34-48-47-22-9-13-27-56(47)71-59(48)38-43)54-26-15-29-58-60(54)49-23-10-14-28-57(49)70-58/h1-38H. The molecule has 71 heavy (non-hydrogen) atoms. The molecule has 5 aromatic heterocycles. The van der Waals surface area contributed by atoms with E-state index in [4.69, 9.17) is 23.8 Å². The second kappa shape index (κ2) is 15.4. The molecule has 0 atom stereocenters. The molecule has 8 heteroatoms. The summed E-state index contributed by atoms with van der Waals surface area (Å²) in [5, 5.41) is 8.57. The third-order valence-corrected chi connectivity index (χ3v) is 14.0. The van der Waals surface area contributed by atoms with Crippen molar-refractivity contribution in [2.75, 3.05) is 4.90 Å². The highest BCUT2D eigenvalue weighted by atomic mass is 16.3. The van der Waals surface area contributed by atoms with Gasteiger partial charge >= 0.3 is 0 Å². The van der Waals surface area contributed by atoms with Crippen molar-refractivity contribution >= 4 is 105 Å². The van der Waals surface area contributed by atoms with Crippen LogP contribution in [-0.4, -0.2) is 24.1 Å². The fourth-order valence-electron chi connectivity index (χ4n) is 10.8. The van der Waals surface area contributed by atoms with E-state index in [0.29, 0.717) is 17.6 Å². The molecule has 8 nitrogen and oxygen atoms in total. The first-order chi connectivity index (χ1) is 35.2. The van der Waals surface area contributed by atoms with Crippen molar-refractivity contribution in [2.45, 2.75) is 0 Å². The second-order valence-electron chi connectivity index (χ2n) is 18.0. The van der Waals surface area contributed by atoms with Crippen molar-refractivity contribution in [1.29, 1.82) is 0 Å². The number of hydrogen-bond acceptors (Lipinski definition) is 6. The Kier molecular flexibility index (Phi) is 8.49. The lowest BCUT2D eigenvalue weighted by molar-refractivity contribution is 0.669. The van der Waals surface area contributed by atoms with Crippen LogP contribution in [0, 0.1) is 0 Å². The molecular weight excluding hydrogens is 873 g/mol. The van der Waals surface area contributed by atoms with Gasteiger partial charge in [0.05, 0.1) is 38.8 Å². The van der Waals surface area contributed by atoms with Crippen LogP contribution in [0.25, 0.3) is 122 Å². The van der Waals surface area contributed by atoms with E-state index in [1.54, 1.807) is 0 Å². The predicted molar refractivity (Wildman–Crippen MR) is 289 cm³/mol. The zero-order valence-corrected chi connectivity index (χ0v) is 37.9. The van der Waals surface area contributed by atoms with Gasteiger partial charge in [-0.2, -0.15) is 9.97 Å². The third-order valence-electron chi connectivity index (χ3n) is 14.0. The fourth-order valence-corrected chi connectivity index (χ4v) is 10.8. The number of anilines is 3. The summed E-state index contributed by atoms with van der Waals surface area (Å²) in [7, 11) is 0. The zero-order chi connectivity index (χ0) is 46.6. The van der Waals surface area contributed by atoms with Gasteiger partial charge in [0, 0.05) is 66.3 Å². The minimum Gasteiger partial charge on any atom is -0.456 e. The van der Waals surface area contributed by atoms with Crippen molar-refractivity contribution in [1.82, 2.24) is 24.1 Å². The first-order valence-electron chi connectivity index (χ1n) is 23.8. The number of furan rings is 2. The van der Waals surface area contributed by atoms with E-state index in [2.05, 4.69) is 196 Å². The molecule has 332 valence electrons. The van der Waals surface area contributed by atoms with Gasteiger partial charge in [0.2, 0.25) is 5.95 Å². The minimum absolute atomic E-state index is 0.439. The Bertz CT molecular complexity index is 4600. The Morgan fingerprint density at radius 1 is 0.324 bits per heavy atom. The van der Waals surface area contributed by atoms with Crippen molar-refractivity contribution in [2.24, 2.45) is 0 Å². The molecule has 5 heterocycles. The Labute approximate surface area is 405 Å². The molecule has 0 spiro atoms. The molecule has 0 saturated carbocycles. The van der Waals surface area contributed by atoms with Crippen LogP contribution in [0.15, 0.2) is 239 Å². The summed E-state index contributed by atoms with van der Waals surface area (Å²) in [4.78, 5) is 18.6. The van der Waals surface area contributed by atoms with Crippen LogP contribution in [0.2, 0.25) is 0 Å². The third kappa shape index (κ3) is 6.08. The number of hydrogen-bond donors (Lipinski definition) is 0. The first kappa shape index (κ1) is 39.2. The number of para-hydroxylation sites is 6. The van der Waals surface area contributed by atoms with Crippen molar-refractivity contribution in [3.63, 3.8) is 0 Å². The van der Waals surface area contributed by atoms with Gasteiger partial charge in [-0.25, -0.2) is 4.98 Å². The van der Waals surface area contributed by atoms with E-state index < -0.39 is 0 Å². The number of fused-ring (bicyclic) bond motifs is 12. The molecule has 0 amide bonds. The van der Waals surface area contributed by atoms with Crippen LogP contribution < -0.4 is 4.90 Å². The molecule has 0 aliphatic heterocycles. The molecule has 0 N–H and O–H groups in total. The Balaban J connectivity index is 1.02. The van der Waals surface area contributed by atoms with Crippen LogP contribution in [0.3, 0.4) is 0 Å². The number of aromatic nitrogens is 5. The van der Waals surface area contributed by atoms with Gasteiger partial charge in [-0.15, -0.1) is 0 Å². The molecule has 0 fully saturated rings. The van der Waals surface area contributed by atoms with Gasteiger partial charge in [0.15, 0.2) is 11.6 Å². The first-order valence-corrected chi connectivity index (χ1v) is 23.8. The summed E-state index contributed by atoms with van der Waals surface area (Å²) < 4.78 is 17.7. The highest BCUT2D eigenvalue weighted by Gasteiger charge is 2.26. The molecule has 15 aromatic rings. The van der Waals surface area contributed by atoms with Gasteiger partial charge in [0.25, 0.3) is 0 Å². The lowest BCUT2D eigenvalue weighted by atomic mass is 10.1. The summed E-state index contributed by atoms with van der Waals surface area (Å²) in [6, 6.07) is 80.2. The molecule has 0 bridgehead atoms. The summed E-state index contributed by atoms with van der Waals surface area (Å²) in [5.41, 5.74) is 13.1. The predicted octanol–water partition coefficient (Wildman–Crippen LogP) is 16.7. The van der Waals surface area contributed by atoms with E-state index in [0.717, 1.165) is 116 Å². The van der Waals surface area contributed by atoms with Gasteiger partial charge in [-0.05, 0) is 97.1 Å². The monoisotopic (exact) mass is 910 g/mol. The SMILES string of the molecule is c1ccc(-n2c3ccccc3c3cc(-c4nc(-c5ccc6c7ccccc7n(-c7ccccc7)c6c5)nc(N(c5ccc6c(c5)oc5ccccc56)c5cccc6oc7ccccc7c56)n4)ccc32)cc1. The van der Waals surface area contributed by atoms with Crippen molar-refractivity contribution in [3.8, 4) is 34.2 Å². The smallest absolute Gasteiger partial charge is 0.238 e. The summed E-state index contributed by atoms with van der Waals surface area (Å²) in [6.45, 7) is 0. The average Bonchev–Trinajstić information content (AvgIpc) is 4.19. The Morgan fingerprint density at radius 2 is 0.831 bits per heavy atom. The van der Waals surface area contributed by atoms with E-state index in [9.17, 15) is 0 Å². The maximum Gasteiger partial charge on any atom is 0.238 e. The average molecular weight is 911 g/mol. The van der Waals surface area contributed by atoms with Gasteiger partial charge in [0.1, 0.15) is 22.3 Å². The normalized spacial score (nSPS) is 11.9. The highest BCUT2D eigenvalue weighted by molar-refractivity contribution is 6.15. The van der Waals surface area contributed by atoms with Crippen molar-refractivity contribution in [3.05, 3.63) is 231 Å². The van der Waals surface area contributed by atoms with E-state index in [1.807, 2.05) is 48.5 Å². The van der Waals surface area contributed by atoms with Crippen LogP contribution in [0.1, 0.15) is 0 Å². The van der Waals surface area contributed by atoms with Crippen LogP contribution in [-0.2, 0) is 0 Å². The second-order valence-corrected chi connectivity index (χ2v) is 18.0. The van der Waals surface area contributed by atoms with Gasteiger partial charge in [-0.3, -0.25) is 4.90 Å². The highest BCUT2D eigenvalue weighted by Crippen LogP contribution is 2.45. The molecule has 0 saturated heterocycles. The number of rotatable bonds is 7. The quantitative estimate of drug-likeness (QED) is 0.159. The molecule has 10 aromatic carbocycles. The molecule has 15 rings (SSSR count). The van der Waals surface area contributed by atoms with E-state index in [1.165, 1.54) is 5.39 Å². The summed E-state index contributed by atoms with van der Waals surface area (Å²) >= 11 is 0. The summed E-state index contributed by atoms with van der Waals surface area (Å²) in [5.74, 6) is 1.50. The molecule has 0 aliphatic carbocycles. The minimum atomic E-state index is 0.439.